The van der Waals surface area contributed by atoms with Crippen LogP contribution in [0.5, 0.6) is 0 Å². The van der Waals surface area contributed by atoms with Gasteiger partial charge in [-0.3, -0.25) is 19.4 Å². The average Bonchev–Trinajstić information content (AvgIpc) is 2.75. The van der Waals surface area contributed by atoms with Gasteiger partial charge < -0.3 is 21.5 Å². The lowest BCUT2D eigenvalue weighted by atomic mass is 10.0. The van der Waals surface area contributed by atoms with Crippen LogP contribution in [0.4, 0.5) is 27.6 Å². The molecular weight excluding hydrogens is 503 g/mol. The molecule has 5 N–H and O–H groups in total. The largest absolute Gasteiger partial charge is 0.433 e. The Morgan fingerprint density at radius 3 is 2.34 bits per heavy atom. The molecule has 1 aromatic heterocycles. The molecule has 8 nitrogen and oxygen atoms in total. The van der Waals surface area contributed by atoms with E-state index in [1.807, 2.05) is 0 Å². The molecule has 3 amide bonds. The number of nitrogens with one attached hydrogen (secondary N) is 2. The molecule has 1 aromatic carbocycles. The van der Waals surface area contributed by atoms with Crippen LogP contribution in [0, 0.1) is 0 Å². The Morgan fingerprint density at radius 1 is 1.11 bits per heavy atom. The minimum Gasteiger partial charge on any atom is -0.381 e. The number of aromatic nitrogens is 1. The molecule has 0 aliphatic rings. The normalized spacial score (nSPS) is 13.6. The third kappa shape index (κ3) is 8.14. The highest BCUT2D eigenvalue weighted by Crippen LogP contribution is 2.28. The summed E-state index contributed by atoms with van der Waals surface area (Å²) in [6.07, 6.45) is -7.35. The second-order valence-corrected chi connectivity index (χ2v) is 8.04. The summed E-state index contributed by atoms with van der Waals surface area (Å²) in [5.41, 5.74) is 2.78. The van der Waals surface area contributed by atoms with E-state index >= 15 is 0 Å². The summed E-state index contributed by atoms with van der Waals surface area (Å²) in [5.74, 6) is -6.49. The molecule has 1 heterocycles. The number of halogens is 6. The number of aliphatic hydroxyl groups is 1. The van der Waals surface area contributed by atoms with E-state index in [1.54, 1.807) is 0 Å². The predicted molar refractivity (Wildman–Crippen MR) is 115 cm³/mol. The summed E-state index contributed by atoms with van der Waals surface area (Å²) < 4.78 is 65.2. The number of rotatable bonds is 9. The second-order valence-electron chi connectivity index (χ2n) is 7.61. The molecule has 0 aliphatic heterocycles. The van der Waals surface area contributed by atoms with Gasteiger partial charge in [-0.1, -0.05) is 11.6 Å². The third-order valence-corrected chi connectivity index (χ3v) is 4.91. The van der Waals surface area contributed by atoms with Crippen LogP contribution in [0.1, 0.15) is 46.2 Å². The van der Waals surface area contributed by atoms with Gasteiger partial charge in [0.05, 0.1) is 17.3 Å². The summed E-state index contributed by atoms with van der Waals surface area (Å²) in [6, 6.07) is 3.56. The maximum Gasteiger partial charge on any atom is 0.433 e. The van der Waals surface area contributed by atoms with E-state index in [2.05, 4.69) is 15.6 Å². The van der Waals surface area contributed by atoms with E-state index in [9.17, 15) is 41.4 Å². The molecule has 0 saturated heterocycles. The summed E-state index contributed by atoms with van der Waals surface area (Å²) in [5, 5.41) is 14.5. The number of carbonyl (C=O) groups excluding carboxylic acids is 3. The molecular formula is C21H20ClF5N4O4. The van der Waals surface area contributed by atoms with Gasteiger partial charge in [-0.05, 0) is 43.7 Å². The second kappa shape index (κ2) is 11.0. The fraction of sp³-hybridized carbons (Fsp3) is 0.333. The first-order chi connectivity index (χ1) is 16.1. The van der Waals surface area contributed by atoms with Gasteiger partial charge in [-0.2, -0.15) is 13.2 Å². The van der Waals surface area contributed by atoms with Crippen molar-refractivity contribution in [2.24, 2.45) is 5.73 Å². The average molecular weight is 523 g/mol. The van der Waals surface area contributed by atoms with E-state index < -0.39 is 66.1 Å². The smallest absolute Gasteiger partial charge is 0.381 e. The van der Waals surface area contributed by atoms with Crippen LogP contribution in [0.15, 0.2) is 36.5 Å². The SMILES string of the molecule is CC(F)(F)CC[C@H](NC(=O)c1cc(Cl)ccc1NC(=O)c1ccnc(C(F)(F)F)c1)C(O)C(N)=O. The summed E-state index contributed by atoms with van der Waals surface area (Å²) >= 11 is 5.91. The number of carbonyl (C=O) groups is 3. The zero-order chi connectivity index (χ0) is 26.6. The number of benzene rings is 1. The zero-order valence-electron chi connectivity index (χ0n) is 18.0. The van der Waals surface area contributed by atoms with Crippen molar-refractivity contribution in [3.05, 3.63) is 58.4 Å². The minimum atomic E-state index is -4.80. The Labute approximate surface area is 200 Å². The number of nitrogens with zero attached hydrogens (tertiary/aromatic N) is 1. The Hall–Kier alpha value is -3.32. The van der Waals surface area contributed by atoms with Gasteiger partial charge in [-0.15, -0.1) is 0 Å². The van der Waals surface area contributed by atoms with Gasteiger partial charge in [-0.25, -0.2) is 8.78 Å². The van der Waals surface area contributed by atoms with Gasteiger partial charge in [0.1, 0.15) is 5.69 Å². The number of pyridine rings is 1. The van der Waals surface area contributed by atoms with E-state index in [0.29, 0.717) is 13.0 Å². The monoisotopic (exact) mass is 522 g/mol. The van der Waals surface area contributed by atoms with Gasteiger partial charge in [0, 0.05) is 23.2 Å². The maximum atomic E-state index is 13.3. The Kier molecular flexibility index (Phi) is 8.74. The fourth-order valence-corrected chi connectivity index (χ4v) is 3.07. The van der Waals surface area contributed by atoms with Crippen molar-refractivity contribution in [1.82, 2.24) is 10.3 Å². The standard InChI is InChI=1S/C21H20ClF5N4O4/c1-20(23,24)6-4-14(16(32)17(28)33)31-19(35)12-9-11(22)2-3-13(12)30-18(34)10-5-7-29-15(8-10)21(25,26)27/h2-3,5,7-9,14,16,32H,4,6H2,1H3,(H2,28,33)(H,30,34)(H,31,35)/t14-,16?/m0/s1. The molecule has 2 atom stereocenters. The lowest BCUT2D eigenvalue weighted by molar-refractivity contribution is -0.141. The highest BCUT2D eigenvalue weighted by atomic mass is 35.5. The highest BCUT2D eigenvalue weighted by Gasteiger charge is 2.33. The fourth-order valence-electron chi connectivity index (χ4n) is 2.90. The first-order valence-corrected chi connectivity index (χ1v) is 10.3. The summed E-state index contributed by atoms with van der Waals surface area (Å²) in [4.78, 5) is 39.9. The van der Waals surface area contributed by atoms with Gasteiger partial charge >= 0.3 is 6.18 Å². The Balaban J connectivity index is 2.31. The molecule has 2 aromatic rings. The first kappa shape index (κ1) is 27.9. The maximum absolute atomic E-state index is 13.3. The summed E-state index contributed by atoms with van der Waals surface area (Å²) in [6.45, 7) is 0.608. The van der Waals surface area contributed by atoms with Crippen molar-refractivity contribution in [2.45, 2.75) is 44.0 Å². The van der Waals surface area contributed by atoms with E-state index in [4.69, 9.17) is 17.3 Å². The molecule has 35 heavy (non-hydrogen) atoms. The summed E-state index contributed by atoms with van der Waals surface area (Å²) in [7, 11) is 0. The topological polar surface area (TPSA) is 134 Å². The minimum absolute atomic E-state index is 0.0171. The first-order valence-electron chi connectivity index (χ1n) is 9.88. The lowest BCUT2D eigenvalue weighted by Crippen LogP contribution is -2.49. The lowest BCUT2D eigenvalue weighted by Gasteiger charge is -2.24. The number of hydrogen-bond acceptors (Lipinski definition) is 5. The van der Waals surface area contributed by atoms with Crippen LogP contribution in [0.2, 0.25) is 5.02 Å². The van der Waals surface area contributed by atoms with Crippen molar-refractivity contribution in [1.29, 1.82) is 0 Å². The van der Waals surface area contributed by atoms with Crippen LogP contribution in [-0.2, 0) is 11.0 Å². The molecule has 14 heteroatoms. The van der Waals surface area contributed by atoms with E-state index in [0.717, 1.165) is 18.3 Å². The van der Waals surface area contributed by atoms with Crippen LogP contribution in [0.3, 0.4) is 0 Å². The molecule has 0 fully saturated rings. The molecule has 0 spiro atoms. The van der Waals surface area contributed by atoms with Gasteiger partial charge in [0.2, 0.25) is 11.8 Å². The number of hydrogen-bond donors (Lipinski definition) is 4. The van der Waals surface area contributed by atoms with Crippen molar-refractivity contribution < 1.29 is 41.4 Å². The van der Waals surface area contributed by atoms with Crippen LogP contribution in [0.25, 0.3) is 0 Å². The molecule has 0 saturated carbocycles. The number of amides is 3. The molecule has 0 bridgehead atoms. The zero-order valence-corrected chi connectivity index (χ0v) is 18.8. The van der Waals surface area contributed by atoms with E-state index in [-0.39, 0.29) is 16.3 Å². The molecule has 0 radical (unpaired) electrons. The number of primary amides is 1. The number of aliphatic hydroxyl groups excluding tert-OH is 1. The quantitative estimate of drug-likeness (QED) is 0.375. The number of anilines is 1. The Morgan fingerprint density at radius 2 is 1.77 bits per heavy atom. The van der Waals surface area contributed by atoms with Crippen molar-refractivity contribution in [2.75, 3.05) is 5.32 Å². The molecule has 2 rings (SSSR count). The van der Waals surface area contributed by atoms with Crippen molar-refractivity contribution in [3.63, 3.8) is 0 Å². The van der Waals surface area contributed by atoms with Crippen LogP contribution < -0.4 is 16.4 Å². The molecule has 1 unspecified atom stereocenters. The number of alkyl halides is 5. The van der Waals surface area contributed by atoms with Crippen molar-refractivity contribution in [3.8, 4) is 0 Å². The van der Waals surface area contributed by atoms with Gasteiger partial charge in [0.25, 0.3) is 11.8 Å². The predicted octanol–water partition coefficient (Wildman–Crippen LogP) is 3.39. The van der Waals surface area contributed by atoms with Crippen molar-refractivity contribution >= 4 is 35.0 Å². The van der Waals surface area contributed by atoms with Gasteiger partial charge in [0.15, 0.2) is 6.10 Å². The third-order valence-electron chi connectivity index (χ3n) is 4.67. The number of nitrogens with two attached hydrogens (primary N) is 1. The highest BCUT2D eigenvalue weighted by molar-refractivity contribution is 6.31. The molecule has 190 valence electrons. The Bertz CT molecular complexity index is 1110. The molecule has 0 aliphatic carbocycles. The van der Waals surface area contributed by atoms with Crippen LogP contribution >= 0.6 is 11.6 Å². The van der Waals surface area contributed by atoms with E-state index in [1.165, 1.54) is 12.1 Å². The van der Waals surface area contributed by atoms with Crippen LogP contribution in [-0.4, -0.2) is 45.9 Å².